The summed E-state index contributed by atoms with van der Waals surface area (Å²) >= 11 is 0. The molecule has 0 atom stereocenters. The minimum Gasteiger partial charge on any atom is -0.478 e. The molecule has 0 saturated carbocycles. The van der Waals surface area contributed by atoms with Crippen molar-refractivity contribution in [3.63, 3.8) is 0 Å². The monoisotopic (exact) mass is 266 g/mol. The summed E-state index contributed by atoms with van der Waals surface area (Å²) in [6.07, 6.45) is 0. The molecule has 0 aromatic heterocycles. The SMILES string of the molecule is Cc1ccc(N(C)c2ccc(C(=O)O)cc2)c(C#N)c1. The van der Waals surface area contributed by atoms with E-state index in [0.717, 1.165) is 16.9 Å². The number of rotatable bonds is 3. The van der Waals surface area contributed by atoms with E-state index in [1.807, 2.05) is 37.1 Å². The zero-order valence-corrected chi connectivity index (χ0v) is 11.3. The van der Waals surface area contributed by atoms with Crippen LogP contribution in [0.2, 0.25) is 0 Å². The van der Waals surface area contributed by atoms with Crippen LogP contribution in [0.1, 0.15) is 21.5 Å². The van der Waals surface area contributed by atoms with Crippen LogP contribution in [0.25, 0.3) is 0 Å². The molecule has 0 unspecified atom stereocenters. The van der Waals surface area contributed by atoms with Crippen LogP contribution in [0.5, 0.6) is 0 Å². The van der Waals surface area contributed by atoms with Crippen molar-refractivity contribution in [2.24, 2.45) is 0 Å². The number of hydrogen-bond donors (Lipinski definition) is 1. The van der Waals surface area contributed by atoms with Gasteiger partial charge >= 0.3 is 5.97 Å². The third-order valence-electron chi connectivity index (χ3n) is 3.14. The lowest BCUT2D eigenvalue weighted by Gasteiger charge is -2.21. The van der Waals surface area contributed by atoms with Crippen LogP contribution in [0, 0.1) is 18.3 Å². The largest absolute Gasteiger partial charge is 0.478 e. The maximum atomic E-state index is 10.8. The molecule has 2 aromatic rings. The Morgan fingerprint density at radius 3 is 2.40 bits per heavy atom. The van der Waals surface area contributed by atoms with E-state index >= 15 is 0 Å². The lowest BCUT2D eigenvalue weighted by atomic mass is 10.1. The Morgan fingerprint density at radius 2 is 1.85 bits per heavy atom. The summed E-state index contributed by atoms with van der Waals surface area (Å²) in [5.74, 6) is -0.952. The first-order valence-corrected chi connectivity index (χ1v) is 6.11. The highest BCUT2D eigenvalue weighted by molar-refractivity contribution is 5.88. The molecule has 0 aliphatic heterocycles. The van der Waals surface area contributed by atoms with Crippen LogP contribution in [0.4, 0.5) is 11.4 Å². The van der Waals surface area contributed by atoms with Crippen molar-refractivity contribution >= 4 is 17.3 Å². The topological polar surface area (TPSA) is 64.3 Å². The molecule has 0 saturated heterocycles. The molecule has 4 heteroatoms. The molecule has 0 fully saturated rings. The fourth-order valence-corrected chi connectivity index (χ4v) is 2.00. The van der Waals surface area contributed by atoms with Crippen molar-refractivity contribution < 1.29 is 9.90 Å². The number of aryl methyl sites for hydroxylation is 1. The Kier molecular flexibility index (Phi) is 3.72. The van der Waals surface area contributed by atoms with Crippen molar-refractivity contribution in [3.05, 3.63) is 59.2 Å². The number of anilines is 2. The first-order chi connectivity index (χ1) is 9.52. The summed E-state index contributed by atoms with van der Waals surface area (Å²) in [4.78, 5) is 12.7. The highest BCUT2D eigenvalue weighted by Gasteiger charge is 2.10. The van der Waals surface area contributed by atoms with Crippen LogP contribution in [-0.2, 0) is 0 Å². The number of hydrogen-bond acceptors (Lipinski definition) is 3. The number of carboxylic acids is 1. The van der Waals surface area contributed by atoms with Gasteiger partial charge < -0.3 is 10.0 Å². The first kappa shape index (κ1) is 13.6. The molecule has 0 aliphatic rings. The highest BCUT2D eigenvalue weighted by Crippen LogP contribution is 2.27. The van der Waals surface area contributed by atoms with Gasteiger partial charge in [-0.1, -0.05) is 6.07 Å². The second-order valence-electron chi connectivity index (χ2n) is 4.54. The fourth-order valence-electron chi connectivity index (χ4n) is 2.00. The van der Waals surface area contributed by atoms with Crippen molar-refractivity contribution in [1.29, 1.82) is 5.26 Å². The number of nitrogens with zero attached hydrogens (tertiary/aromatic N) is 2. The van der Waals surface area contributed by atoms with E-state index in [1.54, 1.807) is 24.3 Å². The number of nitriles is 1. The minimum absolute atomic E-state index is 0.242. The predicted octanol–water partition coefficient (Wildman–Crippen LogP) is 3.33. The average Bonchev–Trinajstić information content (AvgIpc) is 2.46. The molecule has 20 heavy (non-hydrogen) atoms. The smallest absolute Gasteiger partial charge is 0.335 e. The van der Waals surface area contributed by atoms with Crippen LogP contribution in [0.3, 0.4) is 0 Å². The molecule has 2 aromatic carbocycles. The normalized spacial score (nSPS) is 9.85. The standard InChI is InChI=1S/C16H14N2O2/c1-11-3-8-15(13(9-11)10-17)18(2)14-6-4-12(5-7-14)16(19)20/h3-9H,1-2H3,(H,19,20). The maximum absolute atomic E-state index is 10.8. The van der Waals surface area contributed by atoms with Gasteiger partial charge in [0.15, 0.2) is 0 Å². The van der Waals surface area contributed by atoms with Gasteiger partial charge in [0.1, 0.15) is 6.07 Å². The van der Waals surface area contributed by atoms with E-state index in [-0.39, 0.29) is 5.56 Å². The van der Waals surface area contributed by atoms with Gasteiger partial charge in [-0.3, -0.25) is 0 Å². The van der Waals surface area contributed by atoms with Gasteiger partial charge in [0.05, 0.1) is 16.8 Å². The number of aromatic carboxylic acids is 1. The molecule has 4 nitrogen and oxygen atoms in total. The van der Waals surface area contributed by atoms with Gasteiger partial charge in [0.25, 0.3) is 0 Å². The third kappa shape index (κ3) is 2.62. The molecular formula is C16H14N2O2. The maximum Gasteiger partial charge on any atom is 0.335 e. The Labute approximate surface area is 117 Å². The molecule has 0 spiro atoms. The average molecular weight is 266 g/mol. The molecule has 0 radical (unpaired) electrons. The summed E-state index contributed by atoms with van der Waals surface area (Å²) in [5, 5.41) is 18.1. The van der Waals surface area contributed by atoms with Crippen LogP contribution in [0.15, 0.2) is 42.5 Å². The van der Waals surface area contributed by atoms with Crippen LogP contribution in [-0.4, -0.2) is 18.1 Å². The lowest BCUT2D eigenvalue weighted by molar-refractivity contribution is 0.0697. The summed E-state index contributed by atoms with van der Waals surface area (Å²) in [6, 6.07) is 14.4. The number of benzene rings is 2. The first-order valence-electron chi connectivity index (χ1n) is 6.11. The highest BCUT2D eigenvalue weighted by atomic mass is 16.4. The van der Waals surface area contributed by atoms with Crippen molar-refractivity contribution in [2.75, 3.05) is 11.9 Å². The molecule has 1 N–H and O–H groups in total. The van der Waals surface area contributed by atoms with E-state index in [1.165, 1.54) is 0 Å². The Hall–Kier alpha value is -2.80. The second-order valence-corrected chi connectivity index (χ2v) is 4.54. The fraction of sp³-hybridized carbons (Fsp3) is 0.125. The second kappa shape index (κ2) is 5.45. The predicted molar refractivity (Wildman–Crippen MR) is 77.4 cm³/mol. The Bertz CT molecular complexity index is 685. The Morgan fingerprint density at radius 1 is 1.20 bits per heavy atom. The molecule has 0 heterocycles. The lowest BCUT2D eigenvalue weighted by Crippen LogP contribution is -2.11. The van der Waals surface area contributed by atoms with Gasteiger partial charge in [-0.25, -0.2) is 4.79 Å². The van der Waals surface area contributed by atoms with Gasteiger partial charge in [-0.15, -0.1) is 0 Å². The number of carbonyl (C=O) groups is 1. The van der Waals surface area contributed by atoms with E-state index in [9.17, 15) is 10.1 Å². The van der Waals surface area contributed by atoms with Crippen molar-refractivity contribution in [3.8, 4) is 6.07 Å². The quantitative estimate of drug-likeness (QED) is 0.925. The van der Waals surface area contributed by atoms with E-state index < -0.39 is 5.97 Å². The number of carboxylic acid groups (broad SMARTS) is 1. The zero-order valence-electron chi connectivity index (χ0n) is 11.3. The van der Waals surface area contributed by atoms with Gasteiger partial charge in [0, 0.05) is 12.7 Å². The minimum atomic E-state index is -0.952. The third-order valence-corrected chi connectivity index (χ3v) is 3.14. The van der Waals surface area contributed by atoms with Crippen molar-refractivity contribution in [2.45, 2.75) is 6.92 Å². The Balaban J connectivity index is 2.38. The summed E-state index contributed by atoms with van der Waals surface area (Å²) in [5.41, 5.74) is 3.48. The molecule has 2 rings (SSSR count). The summed E-state index contributed by atoms with van der Waals surface area (Å²) in [7, 11) is 1.85. The summed E-state index contributed by atoms with van der Waals surface area (Å²) < 4.78 is 0. The summed E-state index contributed by atoms with van der Waals surface area (Å²) in [6.45, 7) is 1.94. The van der Waals surface area contributed by atoms with Gasteiger partial charge in [-0.2, -0.15) is 5.26 Å². The molecule has 100 valence electrons. The van der Waals surface area contributed by atoms with Gasteiger partial charge in [0.2, 0.25) is 0 Å². The van der Waals surface area contributed by atoms with E-state index in [4.69, 9.17) is 5.11 Å². The van der Waals surface area contributed by atoms with E-state index in [0.29, 0.717) is 5.56 Å². The van der Waals surface area contributed by atoms with Crippen LogP contribution >= 0.6 is 0 Å². The molecule has 0 amide bonds. The van der Waals surface area contributed by atoms with E-state index in [2.05, 4.69) is 6.07 Å². The molecule has 0 bridgehead atoms. The molecular weight excluding hydrogens is 252 g/mol. The molecule has 0 aliphatic carbocycles. The van der Waals surface area contributed by atoms with Gasteiger partial charge in [-0.05, 0) is 48.9 Å². The van der Waals surface area contributed by atoms with Crippen LogP contribution < -0.4 is 4.90 Å². The zero-order chi connectivity index (χ0) is 14.7. The van der Waals surface area contributed by atoms with Crippen molar-refractivity contribution in [1.82, 2.24) is 0 Å².